The van der Waals surface area contributed by atoms with Crippen LogP contribution in [0.3, 0.4) is 0 Å². The van der Waals surface area contributed by atoms with Crippen molar-refractivity contribution in [2.24, 2.45) is 10.9 Å². The van der Waals surface area contributed by atoms with E-state index in [2.05, 4.69) is 34.8 Å². The summed E-state index contributed by atoms with van der Waals surface area (Å²) in [7, 11) is 1.88. The molecule has 0 saturated carbocycles. The summed E-state index contributed by atoms with van der Waals surface area (Å²) in [4.78, 5) is 25.6. The Hall–Kier alpha value is -0.940. The van der Waals surface area contributed by atoms with Crippen molar-refractivity contribution in [3.63, 3.8) is 0 Å². The smallest absolute Gasteiger partial charge is 0.222 e. The number of carbonyl (C=O) groups is 1. The molecule has 0 spiro atoms. The largest absolute Gasteiger partial charge is 0.357 e. The third-order valence-corrected chi connectivity index (χ3v) is 6.86. The average molecular weight is 549 g/mol. The Morgan fingerprint density at radius 1 is 1.30 bits per heavy atom. The van der Waals surface area contributed by atoms with Gasteiger partial charge in [-0.15, -0.1) is 35.3 Å². The number of guanidine groups is 1. The molecule has 3 rings (SSSR count). The number of nitrogens with one attached hydrogen (secondary N) is 2. The summed E-state index contributed by atoms with van der Waals surface area (Å²) in [5.41, 5.74) is 1.22. The third kappa shape index (κ3) is 7.64. The minimum absolute atomic E-state index is 0. The maximum atomic E-state index is 11.7. The van der Waals surface area contributed by atoms with E-state index >= 15 is 0 Å². The zero-order valence-corrected chi connectivity index (χ0v) is 21.7. The summed E-state index contributed by atoms with van der Waals surface area (Å²) in [5, 5.41) is 10.3. The number of hydrogen-bond acceptors (Lipinski definition) is 5. The molecule has 0 aromatic carbocycles. The fourth-order valence-corrected chi connectivity index (χ4v) is 4.74. The van der Waals surface area contributed by atoms with Crippen molar-refractivity contribution in [3.05, 3.63) is 16.1 Å². The highest BCUT2D eigenvalue weighted by Crippen LogP contribution is 2.20. The second-order valence-corrected chi connectivity index (χ2v) is 9.12. The number of piperidine rings is 2. The lowest BCUT2D eigenvalue weighted by Crippen LogP contribution is -2.51. The Morgan fingerprint density at radius 3 is 2.70 bits per heavy atom. The van der Waals surface area contributed by atoms with E-state index in [0.29, 0.717) is 12.3 Å². The van der Waals surface area contributed by atoms with Gasteiger partial charge < -0.3 is 15.5 Å². The Balaban J connectivity index is 0.00000320. The van der Waals surface area contributed by atoms with Crippen molar-refractivity contribution in [3.8, 4) is 0 Å². The summed E-state index contributed by atoms with van der Waals surface area (Å²) < 4.78 is 0. The normalized spacial score (nSPS) is 21.4. The van der Waals surface area contributed by atoms with Crippen LogP contribution < -0.4 is 10.6 Å². The van der Waals surface area contributed by atoms with E-state index in [1.165, 1.54) is 23.5 Å². The van der Waals surface area contributed by atoms with E-state index in [-0.39, 0.29) is 35.9 Å². The predicted octanol–water partition coefficient (Wildman–Crippen LogP) is 2.71. The number of aromatic nitrogens is 1. The molecule has 1 aromatic heterocycles. The number of aliphatic imine (C=N–C) groups is 1. The van der Waals surface area contributed by atoms with Gasteiger partial charge in [0.25, 0.3) is 0 Å². The average Bonchev–Trinajstić information content (AvgIpc) is 3.18. The first-order valence-electron chi connectivity index (χ1n) is 11.0. The standard InChI is InChI=1S/C21H36N6OS.HI/c1-4-19-24-18(15-29-19)14-27-10-8-16(9-11-27)12-23-21(22-5-2)25-17-6-7-20(28)26(3)13-17;/h15-17H,4-14H2,1-3H3,(H2,22,23,25);1H. The van der Waals surface area contributed by atoms with E-state index in [1.807, 2.05) is 11.9 Å². The number of rotatable bonds is 7. The maximum Gasteiger partial charge on any atom is 0.222 e. The van der Waals surface area contributed by atoms with Crippen LogP contribution in [0, 0.1) is 5.92 Å². The summed E-state index contributed by atoms with van der Waals surface area (Å²) in [6.07, 6.45) is 4.90. The SMILES string of the molecule is CCNC(=NCC1CCN(Cc2csc(CC)n2)CC1)NC1CCC(=O)N(C)C1.I. The van der Waals surface area contributed by atoms with E-state index < -0.39 is 0 Å². The summed E-state index contributed by atoms with van der Waals surface area (Å²) in [6.45, 7) is 9.94. The van der Waals surface area contributed by atoms with E-state index in [9.17, 15) is 4.79 Å². The van der Waals surface area contributed by atoms with Crippen LogP contribution in [0.15, 0.2) is 10.4 Å². The Bertz CT molecular complexity index is 689. The lowest BCUT2D eigenvalue weighted by atomic mass is 9.97. The highest BCUT2D eigenvalue weighted by atomic mass is 127. The quantitative estimate of drug-likeness (QED) is 0.312. The number of carbonyl (C=O) groups excluding carboxylic acids is 1. The van der Waals surface area contributed by atoms with Gasteiger partial charge in [-0.25, -0.2) is 4.98 Å². The number of amides is 1. The van der Waals surface area contributed by atoms with Crippen molar-refractivity contribution in [1.82, 2.24) is 25.4 Å². The molecule has 2 N–H and O–H groups in total. The van der Waals surface area contributed by atoms with Gasteiger partial charge in [-0.1, -0.05) is 6.92 Å². The second-order valence-electron chi connectivity index (χ2n) is 8.18. The number of likely N-dealkylation sites (tertiary alicyclic amines) is 2. The van der Waals surface area contributed by atoms with Crippen molar-refractivity contribution in [2.45, 2.75) is 58.5 Å². The molecule has 1 amide bonds. The van der Waals surface area contributed by atoms with Crippen molar-refractivity contribution >= 4 is 47.2 Å². The Kier molecular flexibility index (Phi) is 10.8. The van der Waals surface area contributed by atoms with Crippen LogP contribution >= 0.6 is 35.3 Å². The minimum atomic E-state index is 0. The molecule has 30 heavy (non-hydrogen) atoms. The van der Waals surface area contributed by atoms with Gasteiger partial charge in [-0.2, -0.15) is 0 Å². The monoisotopic (exact) mass is 548 g/mol. The van der Waals surface area contributed by atoms with Crippen LogP contribution in [0.25, 0.3) is 0 Å². The topological polar surface area (TPSA) is 72.9 Å². The molecule has 1 aromatic rings. The molecule has 2 fully saturated rings. The first-order valence-corrected chi connectivity index (χ1v) is 11.9. The molecule has 9 heteroatoms. The van der Waals surface area contributed by atoms with Crippen molar-refractivity contribution < 1.29 is 4.79 Å². The Morgan fingerprint density at radius 2 is 2.07 bits per heavy atom. The molecule has 1 atom stereocenters. The lowest BCUT2D eigenvalue weighted by molar-refractivity contribution is -0.132. The summed E-state index contributed by atoms with van der Waals surface area (Å²) >= 11 is 1.78. The van der Waals surface area contributed by atoms with E-state index in [1.54, 1.807) is 11.3 Å². The maximum absolute atomic E-state index is 11.7. The van der Waals surface area contributed by atoms with Gasteiger partial charge in [-0.05, 0) is 51.6 Å². The van der Waals surface area contributed by atoms with Gasteiger partial charge >= 0.3 is 0 Å². The van der Waals surface area contributed by atoms with Crippen LogP contribution in [0.4, 0.5) is 0 Å². The van der Waals surface area contributed by atoms with Gasteiger partial charge in [0.1, 0.15) is 0 Å². The highest BCUT2D eigenvalue weighted by Gasteiger charge is 2.24. The van der Waals surface area contributed by atoms with Crippen LogP contribution in [0.1, 0.15) is 50.2 Å². The lowest BCUT2D eigenvalue weighted by Gasteiger charge is -2.32. The molecule has 0 bridgehead atoms. The molecule has 1 unspecified atom stereocenters. The summed E-state index contributed by atoms with van der Waals surface area (Å²) in [6, 6.07) is 0.281. The molecule has 3 heterocycles. The van der Waals surface area contributed by atoms with Gasteiger partial charge in [0, 0.05) is 51.1 Å². The van der Waals surface area contributed by atoms with Crippen LogP contribution in [-0.2, 0) is 17.8 Å². The number of aryl methyl sites for hydroxylation is 1. The number of nitrogens with zero attached hydrogens (tertiary/aromatic N) is 4. The first-order chi connectivity index (χ1) is 14.1. The molecule has 170 valence electrons. The van der Waals surface area contributed by atoms with Gasteiger partial charge in [0.15, 0.2) is 5.96 Å². The van der Waals surface area contributed by atoms with E-state index in [4.69, 9.17) is 9.98 Å². The predicted molar refractivity (Wildman–Crippen MR) is 135 cm³/mol. The molecule has 2 aliphatic rings. The highest BCUT2D eigenvalue weighted by molar-refractivity contribution is 14.0. The van der Waals surface area contributed by atoms with Crippen molar-refractivity contribution in [1.29, 1.82) is 0 Å². The number of hydrogen-bond donors (Lipinski definition) is 2. The molecular weight excluding hydrogens is 511 g/mol. The molecule has 0 radical (unpaired) electrons. The fraction of sp³-hybridized carbons (Fsp3) is 0.762. The molecule has 0 aliphatic carbocycles. The Labute approximate surface area is 202 Å². The number of likely N-dealkylation sites (N-methyl/N-ethyl adjacent to an activating group) is 1. The van der Waals surface area contributed by atoms with Crippen molar-refractivity contribution in [2.75, 3.05) is 39.8 Å². The van der Waals surface area contributed by atoms with Gasteiger partial charge in [0.05, 0.1) is 10.7 Å². The second kappa shape index (κ2) is 12.8. The number of thiazole rings is 1. The van der Waals surface area contributed by atoms with E-state index in [0.717, 1.165) is 58.1 Å². The van der Waals surface area contributed by atoms with Crippen LogP contribution in [-0.4, -0.2) is 72.5 Å². The number of halogens is 1. The molecule has 7 nitrogen and oxygen atoms in total. The molecule has 2 saturated heterocycles. The van der Waals surface area contributed by atoms with Crippen LogP contribution in [0.2, 0.25) is 0 Å². The zero-order valence-electron chi connectivity index (χ0n) is 18.5. The first kappa shape index (κ1) is 25.3. The minimum Gasteiger partial charge on any atom is -0.357 e. The van der Waals surface area contributed by atoms with Gasteiger partial charge in [0.2, 0.25) is 5.91 Å². The van der Waals surface area contributed by atoms with Gasteiger partial charge in [-0.3, -0.25) is 14.7 Å². The molecular formula is C21H37IN6OS. The third-order valence-electron chi connectivity index (χ3n) is 5.81. The fourth-order valence-electron chi connectivity index (χ4n) is 4.00. The van der Waals surface area contributed by atoms with Crippen LogP contribution in [0.5, 0.6) is 0 Å². The zero-order chi connectivity index (χ0) is 20.6. The summed E-state index contributed by atoms with van der Waals surface area (Å²) in [5.74, 6) is 1.76. The molecule has 2 aliphatic heterocycles.